The van der Waals surface area contributed by atoms with Crippen LogP contribution in [-0.2, 0) is 11.3 Å². The lowest BCUT2D eigenvalue weighted by Crippen LogP contribution is -2.50. The molecule has 2 saturated heterocycles. The van der Waals surface area contributed by atoms with Gasteiger partial charge in [0.15, 0.2) is 0 Å². The zero-order chi connectivity index (χ0) is 17.7. The number of piperidine rings is 2. The van der Waals surface area contributed by atoms with Crippen molar-refractivity contribution < 1.29 is 14.3 Å². The third kappa shape index (κ3) is 4.33. The van der Waals surface area contributed by atoms with Crippen molar-refractivity contribution in [2.45, 2.75) is 38.6 Å². The van der Waals surface area contributed by atoms with Crippen LogP contribution in [0.3, 0.4) is 0 Å². The number of nitrogens with zero attached hydrogens (tertiary/aromatic N) is 2. The van der Waals surface area contributed by atoms with Crippen molar-refractivity contribution in [3.05, 3.63) is 36.8 Å². The number of amides is 1. The first-order chi connectivity index (χ1) is 12.2. The number of rotatable bonds is 6. The number of hydrogen-bond acceptors (Lipinski definition) is 4. The van der Waals surface area contributed by atoms with Crippen LogP contribution in [0, 0.1) is 11.3 Å². The minimum atomic E-state index is -0.185. The summed E-state index contributed by atoms with van der Waals surface area (Å²) < 4.78 is 5.42. The number of likely N-dealkylation sites (tertiary alicyclic amines) is 2. The van der Waals surface area contributed by atoms with Gasteiger partial charge in [0.05, 0.1) is 19.4 Å². The molecule has 0 unspecified atom stereocenters. The zero-order valence-electron chi connectivity index (χ0n) is 15.0. The highest BCUT2D eigenvalue weighted by Gasteiger charge is 2.38. The molecule has 0 aliphatic carbocycles. The third-order valence-electron chi connectivity index (χ3n) is 5.78. The molecule has 1 atom stereocenters. The molecule has 1 amide bonds. The molecule has 5 heteroatoms. The van der Waals surface area contributed by atoms with Gasteiger partial charge in [0, 0.05) is 24.4 Å². The summed E-state index contributed by atoms with van der Waals surface area (Å²) in [6, 6.07) is 3.91. The summed E-state index contributed by atoms with van der Waals surface area (Å²) in [5.41, 5.74) is -0.185. The highest BCUT2D eigenvalue weighted by atomic mass is 16.3. The van der Waals surface area contributed by atoms with E-state index in [-0.39, 0.29) is 23.8 Å². The first kappa shape index (κ1) is 18.2. The second kappa shape index (κ2) is 8.19. The summed E-state index contributed by atoms with van der Waals surface area (Å²) in [6.07, 6.45) is 8.11. The van der Waals surface area contributed by atoms with Crippen LogP contribution in [0.2, 0.25) is 0 Å². The minimum Gasteiger partial charge on any atom is -0.468 e. The van der Waals surface area contributed by atoms with Crippen molar-refractivity contribution in [1.29, 1.82) is 0 Å². The maximum absolute atomic E-state index is 13.0. The fourth-order valence-corrected chi connectivity index (χ4v) is 4.28. The van der Waals surface area contributed by atoms with Crippen LogP contribution in [-0.4, -0.2) is 53.6 Å². The van der Waals surface area contributed by atoms with Crippen LogP contribution < -0.4 is 0 Å². The van der Waals surface area contributed by atoms with Gasteiger partial charge >= 0.3 is 0 Å². The number of allylic oxidation sites excluding steroid dienone is 1. The molecule has 25 heavy (non-hydrogen) atoms. The fourth-order valence-electron chi connectivity index (χ4n) is 4.28. The quantitative estimate of drug-likeness (QED) is 0.805. The Kier molecular flexibility index (Phi) is 5.97. The summed E-state index contributed by atoms with van der Waals surface area (Å²) in [4.78, 5) is 17.3. The molecule has 1 N–H and O–H groups in total. The number of furan rings is 1. The average molecular weight is 346 g/mol. The topological polar surface area (TPSA) is 56.9 Å². The van der Waals surface area contributed by atoms with E-state index in [1.807, 2.05) is 23.1 Å². The Morgan fingerprint density at radius 2 is 2.20 bits per heavy atom. The zero-order valence-corrected chi connectivity index (χ0v) is 15.0. The molecule has 3 rings (SSSR count). The predicted molar refractivity (Wildman–Crippen MR) is 96.9 cm³/mol. The minimum absolute atomic E-state index is 0.117. The Bertz CT molecular complexity index is 564. The average Bonchev–Trinajstić information content (AvgIpc) is 3.15. The molecule has 138 valence electrons. The first-order valence-corrected chi connectivity index (χ1v) is 9.41. The molecule has 3 heterocycles. The van der Waals surface area contributed by atoms with Gasteiger partial charge in [-0.2, -0.15) is 0 Å². The van der Waals surface area contributed by atoms with Crippen molar-refractivity contribution >= 4 is 5.91 Å². The second-order valence-electron chi connectivity index (χ2n) is 7.64. The van der Waals surface area contributed by atoms with Crippen LogP contribution in [0.25, 0.3) is 0 Å². The molecule has 1 aromatic rings. The number of carbonyl (C=O) groups excluding carboxylic acids is 1. The molecule has 2 fully saturated rings. The fraction of sp³-hybridized carbons (Fsp3) is 0.650. The Hall–Kier alpha value is -1.59. The van der Waals surface area contributed by atoms with Gasteiger partial charge in [-0.05, 0) is 57.3 Å². The van der Waals surface area contributed by atoms with Crippen molar-refractivity contribution in [1.82, 2.24) is 9.80 Å². The summed E-state index contributed by atoms with van der Waals surface area (Å²) in [5, 5.41) is 9.84. The van der Waals surface area contributed by atoms with E-state index in [1.54, 1.807) is 6.26 Å². The van der Waals surface area contributed by atoms with Crippen molar-refractivity contribution in [3.8, 4) is 0 Å². The molecule has 5 nitrogen and oxygen atoms in total. The Morgan fingerprint density at radius 3 is 2.84 bits per heavy atom. The Morgan fingerprint density at radius 1 is 1.40 bits per heavy atom. The van der Waals surface area contributed by atoms with Gasteiger partial charge in [0.2, 0.25) is 5.91 Å². The van der Waals surface area contributed by atoms with E-state index >= 15 is 0 Å². The maximum Gasteiger partial charge on any atom is 0.225 e. The predicted octanol–water partition coefficient (Wildman–Crippen LogP) is 2.67. The molecule has 0 radical (unpaired) electrons. The Balaban J connectivity index is 1.52. The lowest BCUT2D eigenvalue weighted by molar-refractivity contribution is -0.141. The summed E-state index contributed by atoms with van der Waals surface area (Å²) in [5.74, 6) is 1.38. The van der Waals surface area contributed by atoms with Gasteiger partial charge in [-0.15, -0.1) is 6.58 Å². The highest BCUT2D eigenvalue weighted by Crippen LogP contribution is 2.34. The molecule has 0 saturated carbocycles. The van der Waals surface area contributed by atoms with Gasteiger partial charge in [-0.25, -0.2) is 0 Å². The van der Waals surface area contributed by atoms with Crippen LogP contribution >= 0.6 is 0 Å². The van der Waals surface area contributed by atoms with E-state index < -0.39 is 0 Å². The van der Waals surface area contributed by atoms with Gasteiger partial charge in [0.1, 0.15) is 5.76 Å². The van der Waals surface area contributed by atoms with Crippen molar-refractivity contribution in [3.63, 3.8) is 0 Å². The lowest BCUT2D eigenvalue weighted by atomic mass is 9.77. The van der Waals surface area contributed by atoms with Crippen molar-refractivity contribution in [2.24, 2.45) is 11.3 Å². The highest BCUT2D eigenvalue weighted by molar-refractivity contribution is 5.79. The van der Waals surface area contributed by atoms with Crippen LogP contribution in [0.4, 0.5) is 0 Å². The monoisotopic (exact) mass is 346 g/mol. The summed E-state index contributed by atoms with van der Waals surface area (Å²) >= 11 is 0. The first-order valence-electron chi connectivity index (χ1n) is 9.41. The Labute approximate surface area is 150 Å². The maximum atomic E-state index is 13.0. The van der Waals surface area contributed by atoms with Gasteiger partial charge < -0.3 is 14.4 Å². The largest absolute Gasteiger partial charge is 0.468 e. The van der Waals surface area contributed by atoms with Crippen molar-refractivity contribution in [2.75, 3.05) is 32.8 Å². The second-order valence-corrected chi connectivity index (χ2v) is 7.64. The number of hydrogen-bond donors (Lipinski definition) is 1. The van der Waals surface area contributed by atoms with E-state index in [0.29, 0.717) is 6.54 Å². The van der Waals surface area contributed by atoms with Crippen LogP contribution in [0.5, 0.6) is 0 Å². The molecule has 0 spiro atoms. The molecule has 2 aliphatic heterocycles. The summed E-state index contributed by atoms with van der Waals surface area (Å²) in [7, 11) is 0. The van der Waals surface area contributed by atoms with Crippen LogP contribution in [0.15, 0.2) is 35.5 Å². The van der Waals surface area contributed by atoms with Gasteiger partial charge in [-0.3, -0.25) is 9.69 Å². The van der Waals surface area contributed by atoms with E-state index in [1.165, 1.54) is 0 Å². The molecular weight excluding hydrogens is 316 g/mol. The number of carbonyl (C=O) groups is 1. The molecule has 1 aromatic heterocycles. The molecular formula is C20H30N2O3. The lowest BCUT2D eigenvalue weighted by Gasteiger charge is -2.43. The molecule has 0 bridgehead atoms. The number of aliphatic hydroxyl groups excluding tert-OH is 1. The standard InChI is InChI=1S/C20H30N2O3/c1-2-8-20(16-23)9-4-10-22(15-20)19(24)17-6-11-21(12-7-17)14-18-5-3-13-25-18/h2-3,5,13,17,23H,1,4,6-12,14-16H2/t20-/m1/s1. The SMILES string of the molecule is C=CC[C@@]1(CO)CCCN(C(=O)C2CCN(Cc3ccco3)CC2)C1. The summed E-state index contributed by atoms with van der Waals surface area (Å²) in [6.45, 7) is 8.13. The normalized spacial score (nSPS) is 25.9. The van der Waals surface area contributed by atoms with E-state index in [4.69, 9.17) is 4.42 Å². The molecule has 0 aromatic carbocycles. The van der Waals surface area contributed by atoms with Gasteiger partial charge in [0.25, 0.3) is 0 Å². The van der Waals surface area contributed by atoms with Gasteiger partial charge in [-0.1, -0.05) is 6.08 Å². The van der Waals surface area contributed by atoms with E-state index in [2.05, 4.69) is 11.5 Å². The van der Waals surface area contributed by atoms with E-state index in [9.17, 15) is 9.90 Å². The number of aliphatic hydroxyl groups is 1. The molecule has 2 aliphatic rings. The van der Waals surface area contributed by atoms with Crippen LogP contribution in [0.1, 0.15) is 37.9 Å². The van der Waals surface area contributed by atoms with E-state index in [0.717, 1.165) is 64.0 Å². The smallest absolute Gasteiger partial charge is 0.225 e. The third-order valence-corrected chi connectivity index (χ3v) is 5.78.